The van der Waals surface area contributed by atoms with Crippen LogP contribution in [0.3, 0.4) is 0 Å². The quantitative estimate of drug-likeness (QED) is 0.375. The van der Waals surface area contributed by atoms with E-state index in [1.165, 1.54) is 6.42 Å². The van der Waals surface area contributed by atoms with E-state index in [4.69, 9.17) is 4.74 Å². The molecule has 0 bridgehead atoms. The molecule has 2 rings (SSSR count). The highest BCUT2D eigenvalue weighted by Gasteiger charge is 2.28. The number of halogens is 1. The first kappa shape index (κ1) is 17.8. The smallest absolute Gasteiger partial charge is 0.375 e. The molecule has 6 heteroatoms. The van der Waals surface area contributed by atoms with Crippen molar-refractivity contribution >= 4 is 33.4 Å². The minimum atomic E-state index is -0.376. The van der Waals surface area contributed by atoms with E-state index in [1.807, 2.05) is 29.2 Å². The van der Waals surface area contributed by atoms with Crippen LogP contribution in [0.1, 0.15) is 27.2 Å². The second-order valence-electron chi connectivity index (χ2n) is 6.13. The molecule has 0 spiro atoms. The van der Waals surface area contributed by atoms with Crippen LogP contribution in [-0.4, -0.2) is 36.4 Å². The highest BCUT2D eigenvalue weighted by Crippen LogP contribution is 2.22. The van der Waals surface area contributed by atoms with Gasteiger partial charge in [0.05, 0.1) is 12.3 Å². The van der Waals surface area contributed by atoms with Crippen molar-refractivity contribution in [2.45, 2.75) is 27.2 Å². The summed E-state index contributed by atoms with van der Waals surface area (Å²) >= 11 is 3.40. The predicted octanol–water partition coefficient (Wildman–Crippen LogP) is 3.72. The van der Waals surface area contributed by atoms with E-state index in [1.54, 1.807) is 6.92 Å². The molecule has 0 radical (unpaired) electrons. The maximum atomic E-state index is 12.3. The number of benzene rings is 1. The highest BCUT2D eigenvalue weighted by atomic mass is 79.9. The summed E-state index contributed by atoms with van der Waals surface area (Å²) in [6.45, 7) is 8.20. The summed E-state index contributed by atoms with van der Waals surface area (Å²) in [7, 11) is 0. The van der Waals surface area contributed by atoms with Gasteiger partial charge in [-0.05, 0) is 49.4 Å². The van der Waals surface area contributed by atoms with Crippen molar-refractivity contribution in [3.05, 3.63) is 28.7 Å². The lowest BCUT2D eigenvalue weighted by molar-refractivity contribution is -0.136. The van der Waals surface area contributed by atoms with E-state index >= 15 is 0 Å². The molecule has 1 aromatic carbocycles. The molecule has 126 valence electrons. The summed E-state index contributed by atoms with van der Waals surface area (Å²) in [6.07, 6.45) is 1.17. The Hall–Kier alpha value is -1.56. The minimum absolute atomic E-state index is 0.342. The Kier molecular flexibility index (Phi) is 6.45. The predicted molar refractivity (Wildman–Crippen MR) is 96.4 cm³/mol. The fourth-order valence-corrected chi connectivity index (χ4v) is 3.18. The molecule has 1 aliphatic heterocycles. The summed E-state index contributed by atoms with van der Waals surface area (Å²) in [5.74, 6) is 1.05. The molecule has 1 fully saturated rings. The van der Waals surface area contributed by atoms with Crippen molar-refractivity contribution in [3.8, 4) is 0 Å². The van der Waals surface area contributed by atoms with Gasteiger partial charge in [-0.15, -0.1) is 5.10 Å². The maximum Gasteiger partial charge on any atom is 0.375 e. The molecular formula is C17H24BrN3O2. The molecule has 0 saturated carbocycles. The van der Waals surface area contributed by atoms with Crippen molar-refractivity contribution in [1.29, 1.82) is 0 Å². The number of carbonyl (C=O) groups is 1. The van der Waals surface area contributed by atoms with Crippen molar-refractivity contribution < 1.29 is 9.53 Å². The average Bonchev–Trinajstić information content (AvgIpc) is 2.48. The van der Waals surface area contributed by atoms with Crippen LogP contribution < -0.4 is 5.43 Å². The third-order valence-corrected chi connectivity index (χ3v) is 4.29. The zero-order valence-electron chi connectivity index (χ0n) is 13.9. The van der Waals surface area contributed by atoms with Gasteiger partial charge in [-0.2, -0.15) is 0 Å². The largest absolute Gasteiger partial charge is 0.460 e. The fourth-order valence-electron chi connectivity index (χ4n) is 2.92. The number of hydrogen-bond acceptors (Lipinski definition) is 4. The summed E-state index contributed by atoms with van der Waals surface area (Å²) < 4.78 is 6.17. The first-order valence-corrected chi connectivity index (χ1v) is 8.80. The highest BCUT2D eigenvalue weighted by molar-refractivity contribution is 9.10. The van der Waals surface area contributed by atoms with Gasteiger partial charge in [0, 0.05) is 17.6 Å². The molecule has 1 N–H and O–H groups in total. The molecule has 0 aliphatic carbocycles. The van der Waals surface area contributed by atoms with Crippen LogP contribution in [0, 0.1) is 11.8 Å². The fraction of sp³-hybridized carbons (Fsp3) is 0.529. The number of amidine groups is 1. The van der Waals surface area contributed by atoms with Crippen LogP contribution in [0.15, 0.2) is 33.8 Å². The Morgan fingerprint density at radius 1 is 1.30 bits per heavy atom. The number of nitrogens with one attached hydrogen (secondary N) is 1. The Morgan fingerprint density at radius 2 is 1.91 bits per heavy atom. The second-order valence-corrected chi connectivity index (χ2v) is 7.04. The molecule has 0 amide bonds. The third-order valence-electron chi connectivity index (χ3n) is 3.76. The zero-order chi connectivity index (χ0) is 16.8. The number of anilines is 1. The lowest BCUT2D eigenvalue weighted by Gasteiger charge is -2.36. The van der Waals surface area contributed by atoms with Crippen LogP contribution in [0.25, 0.3) is 0 Å². The molecule has 1 heterocycles. The maximum absolute atomic E-state index is 12.3. The Balaban J connectivity index is 2.17. The van der Waals surface area contributed by atoms with Gasteiger partial charge in [-0.25, -0.2) is 4.79 Å². The van der Waals surface area contributed by atoms with Gasteiger partial charge in [0.15, 0.2) is 0 Å². The van der Waals surface area contributed by atoms with Crippen LogP contribution in [0.4, 0.5) is 5.69 Å². The van der Waals surface area contributed by atoms with Gasteiger partial charge in [-0.3, -0.25) is 5.43 Å². The number of ether oxygens (including phenoxy) is 1. The summed E-state index contributed by atoms with van der Waals surface area (Å²) in [6, 6.07) is 7.65. The SMILES string of the molecule is CCOC(=O)/C(=N/Nc1ccc(Br)cc1)N1C[C@@H](C)C[C@H](C)C1. The Morgan fingerprint density at radius 3 is 2.48 bits per heavy atom. The Bertz CT molecular complexity index is 549. The number of carbonyl (C=O) groups excluding carboxylic acids is 1. The van der Waals surface area contributed by atoms with Crippen molar-refractivity contribution in [3.63, 3.8) is 0 Å². The standard InChI is InChI=1S/C17H24BrN3O2/c1-4-23-17(22)16(21-10-12(2)9-13(3)11-21)20-19-15-7-5-14(18)6-8-15/h5-8,12-13,19H,4,9-11H2,1-3H3/b20-16-/t12-,13-/m0/s1. The number of rotatable bonds is 3. The molecule has 1 aromatic rings. The second kappa shape index (κ2) is 8.34. The van der Waals surface area contributed by atoms with E-state index in [2.05, 4.69) is 40.3 Å². The molecule has 0 unspecified atom stereocenters. The number of hydrazone groups is 1. The van der Waals surface area contributed by atoms with E-state index < -0.39 is 0 Å². The van der Waals surface area contributed by atoms with Gasteiger partial charge in [0.25, 0.3) is 0 Å². The van der Waals surface area contributed by atoms with E-state index in [0.29, 0.717) is 24.3 Å². The molecule has 0 aromatic heterocycles. The van der Waals surface area contributed by atoms with Crippen LogP contribution in [0.5, 0.6) is 0 Å². The van der Waals surface area contributed by atoms with Crippen LogP contribution in [-0.2, 0) is 9.53 Å². The number of esters is 1. The topological polar surface area (TPSA) is 53.9 Å². The average molecular weight is 382 g/mol. The first-order chi connectivity index (χ1) is 11.0. The zero-order valence-corrected chi connectivity index (χ0v) is 15.5. The normalized spacial score (nSPS) is 21.9. The molecular weight excluding hydrogens is 358 g/mol. The van der Waals surface area contributed by atoms with Crippen LogP contribution in [0.2, 0.25) is 0 Å². The minimum Gasteiger partial charge on any atom is -0.460 e. The van der Waals surface area contributed by atoms with E-state index in [9.17, 15) is 4.79 Å². The number of nitrogens with zero attached hydrogens (tertiary/aromatic N) is 2. The van der Waals surface area contributed by atoms with Gasteiger partial charge in [0.2, 0.25) is 5.84 Å². The van der Waals surface area contributed by atoms with Crippen molar-refractivity contribution in [1.82, 2.24) is 4.90 Å². The van der Waals surface area contributed by atoms with E-state index in [0.717, 1.165) is 23.2 Å². The lowest BCUT2D eigenvalue weighted by Crippen LogP contribution is -2.46. The van der Waals surface area contributed by atoms with Gasteiger partial charge in [-0.1, -0.05) is 29.8 Å². The molecule has 1 saturated heterocycles. The lowest BCUT2D eigenvalue weighted by atomic mass is 9.92. The van der Waals surface area contributed by atoms with Gasteiger partial charge < -0.3 is 9.64 Å². The summed E-state index contributed by atoms with van der Waals surface area (Å²) in [5.41, 5.74) is 3.79. The number of likely N-dealkylation sites (tertiary alicyclic amines) is 1. The molecule has 1 aliphatic rings. The number of piperidine rings is 1. The van der Waals surface area contributed by atoms with Gasteiger partial charge in [0.1, 0.15) is 0 Å². The van der Waals surface area contributed by atoms with Crippen molar-refractivity contribution in [2.24, 2.45) is 16.9 Å². The Labute approximate surface area is 146 Å². The van der Waals surface area contributed by atoms with Crippen LogP contribution >= 0.6 is 15.9 Å². The number of hydrogen-bond donors (Lipinski definition) is 1. The first-order valence-electron chi connectivity index (χ1n) is 8.01. The molecule has 2 atom stereocenters. The third kappa shape index (κ3) is 5.23. The summed E-state index contributed by atoms with van der Waals surface area (Å²) in [5, 5.41) is 4.34. The van der Waals surface area contributed by atoms with Gasteiger partial charge >= 0.3 is 5.97 Å². The van der Waals surface area contributed by atoms with Crippen molar-refractivity contribution in [2.75, 3.05) is 25.1 Å². The summed E-state index contributed by atoms with van der Waals surface area (Å²) in [4.78, 5) is 14.3. The molecule has 5 nitrogen and oxygen atoms in total. The monoisotopic (exact) mass is 381 g/mol. The van der Waals surface area contributed by atoms with E-state index in [-0.39, 0.29) is 5.97 Å². The molecule has 23 heavy (non-hydrogen) atoms.